The number of piperazine rings is 1. The van der Waals surface area contributed by atoms with Crippen molar-refractivity contribution in [2.45, 2.75) is 50.6 Å². The van der Waals surface area contributed by atoms with Gasteiger partial charge in [0, 0.05) is 36.1 Å². The number of hydrogen-bond donors (Lipinski definition) is 1. The summed E-state index contributed by atoms with van der Waals surface area (Å²) in [5.74, 6) is 1.92. The van der Waals surface area contributed by atoms with E-state index in [0.717, 1.165) is 17.9 Å². The average Bonchev–Trinajstić information content (AvgIpc) is 3.35. The molecule has 0 amide bonds. The molecule has 2 saturated carbocycles. The number of rotatable bonds is 5. The second-order valence-corrected chi connectivity index (χ2v) is 8.31. The number of thiophene rings is 1. The molecule has 2 nitrogen and oxygen atoms in total. The molecule has 20 heavy (non-hydrogen) atoms. The highest BCUT2D eigenvalue weighted by molar-refractivity contribution is 7.09. The van der Waals surface area contributed by atoms with E-state index >= 15 is 0 Å². The molecule has 3 fully saturated rings. The van der Waals surface area contributed by atoms with Gasteiger partial charge in [0.05, 0.1) is 0 Å². The number of nitrogens with zero attached hydrogens (tertiary/aromatic N) is 1. The summed E-state index contributed by atoms with van der Waals surface area (Å²) in [6.45, 7) is 6.21. The van der Waals surface area contributed by atoms with Gasteiger partial charge in [-0.2, -0.15) is 0 Å². The summed E-state index contributed by atoms with van der Waals surface area (Å²) in [5, 5.41) is 6.12. The molecule has 4 rings (SSSR count). The normalized spacial score (nSPS) is 35.4. The van der Waals surface area contributed by atoms with Crippen LogP contribution >= 0.6 is 11.3 Å². The minimum atomic E-state index is 0.390. The Morgan fingerprint density at radius 3 is 2.85 bits per heavy atom. The zero-order valence-electron chi connectivity index (χ0n) is 12.5. The Morgan fingerprint density at radius 1 is 1.35 bits per heavy atom. The number of hydrogen-bond acceptors (Lipinski definition) is 3. The monoisotopic (exact) mass is 290 g/mol. The predicted octanol–water partition coefficient (Wildman–Crippen LogP) is 3.14. The van der Waals surface area contributed by atoms with E-state index in [1.165, 1.54) is 51.7 Å². The summed E-state index contributed by atoms with van der Waals surface area (Å²) < 4.78 is 0. The minimum absolute atomic E-state index is 0.390. The first-order valence-corrected chi connectivity index (χ1v) is 9.14. The van der Waals surface area contributed by atoms with E-state index in [2.05, 4.69) is 34.7 Å². The first-order valence-electron chi connectivity index (χ1n) is 8.26. The van der Waals surface area contributed by atoms with Gasteiger partial charge in [-0.1, -0.05) is 6.07 Å². The van der Waals surface area contributed by atoms with E-state index < -0.39 is 0 Å². The number of nitrogens with one attached hydrogen (secondary N) is 1. The van der Waals surface area contributed by atoms with Gasteiger partial charge in [0.15, 0.2) is 0 Å². The highest BCUT2D eigenvalue weighted by Gasteiger charge is 2.48. The fraction of sp³-hybridized carbons (Fsp3) is 0.765. The van der Waals surface area contributed by atoms with E-state index in [9.17, 15) is 0 Å². The topological polar surface area (TPSA) is 15.3 Å². The van der Waals surface area contributed by atoms with Gasteiger partial charge in [0.1, 0.15) is 0 Å². The van der Waals surface area contributed by atoms with Crippen molar-refractivity contribution in [3.8, 4) is 0 Å². The molecule has 2 aliphatic carbocycles. The first kappa shape index (κ1) is 13.3. The van der Waals surface area contributed by atoms with Crippen LogP contribution in [0.2, 0.25) is 0 Å². The lowest BCUT2D eigenvalue weighted by Crippen LogP contribution is -2.64. The Bertz CT molecular complexity index is 450. The first-order chi connectivity index (χ1) is 9.74. The van der Waals surface area contributed by atoms with Crippen molar-refractivity contribution in [1.29, 1.82) is 0 Å². The van der Waals surface area contributed by atoms with Gasteiger partial charge in [0.25, 0.3) is 0 Å². The van der Waals surface area contributed by atoms with Crippen LogP contribution in [-0.2, 0) is 6.42 Å². The largest absolute Gasteiger partial charge is 0.308 e. The van der Waals surface area contributed by atoms with Crippen molar-refractivity contribution in [1.82, 2.24) is 10.2 Å². The molecular formula is C17H26N2S. The third-order valence-corrected chi connectivity index (χ3v) is 6.52. The van der Waals surface area contributed by atoms with Crippen molar-refractivity contribution in [2.24, 2.45) is 11.8 Å². The van der Waals surface area contributed by atoms with Gasteiger partial charge in [-0.05, 0) is 62.3 Å². The predicted molar refractivity (Wildman–Crippen MR) is 85.2 cm³/mol. The van der Waals surface area contributed by atoms with Gasteiger partial charge in [0.2, 0.25) is 0 Å². The molecule has 0 aromatic carbocycles. The van der Waals surface area contributed by atoms with E-state index in [4.69, 9.17) is 0 Å². The third kappa shape index (κ3) is 2.68. The van der Waals surface area contributed by atoms with Gasteiger partial charge < -0.3 is 5.32 Å². The molecular weight excluding hydrogens is 264 g/mol. The molecule has 1 aromatic rings. The zero-order valence-corrected chi connectivity index (χ0v) is 13.3. The summed E-state index contributed by atoms with van der Waals surface area (Å²) in [4.78, 5) is 4.37. The smallest absolute Gasteiger partial charge is 0.0309 e. The molecule has 0 spiro atoms. The Balaban J connectivity index is 1.43. The Kier molecular flexibility index (Phi) is 3.40. The van der Waals surface area contributed by atoms with Crippen molar-refractivity contribution in [3.63, 3.8) is 0 Å². The molecule has 1 saturated heterocycles. The second kappa shape index (κ2) is 5.11. The van der Waals surface area contributed by atoms with Crippen LogP contribution in [0.25, 0.3) is 0 Å². The maximum absolute atomic E-state index is 3.91. The molecule has 3 heteroatoms. The van der Waals surface area contributed by atoms with Crippen molar-refractivity contribution < 1.29 is 0 Å². The van der Waals surface area contributed by atoms with Crippen LogP contribution in [0.1, 0.15) is 37.5 Å². The molecule has 1 aliphatic heterocycles. The second-order valence-electron chi connectivity index (χ2n) is 7.28. The highest BCUT2D eigenvalue weighted by atomic mass is 32.1. The van der Waals surface area contributed by atoms with Crippen molar-refractivity contribution in [3.05, 3.63) is 22.4 Å². The van der Waals surface area contributed by atoms with Gasteiger partial charge in [-0.15, -0.1) is 11.3 Å². The fourth-order valence-corrected chi connectivity index (χ4v) is 4.65. The molecule has 0 bridgehead atoms. The lowest BCUT2D eigenvalue weighted by Gasteiger charge is -2.47. The lowest BCUT2D eigenvalue weighted by molar-refractivity contribution is 0.0653. The van der Waals surface area contributed by atoms with Crippen molar-refractivity contribution >= 4 is 11.3 Å². The SMILES string of the molecule is CC1(C2CC2)CN(CCc2cccs2)C(C2CC2)CN1. The average molecular weight is 290 g/mol. The highest BCUT2D eigenvalue weighted by Crippen LogP contribution is 2.44. The summed E-state index contributed by atoms with van der Waals surface area (Å²) in [5.41, 5.74) is 0.390. The van der Waals surface area contributed by atoms with Crippen LogP contribution in [-0.4, -0.2) is 36.1 Å². The molecule has 1 N–H and O–H groups in total. The Labute approximate surface area is 126 Å². The van der Waals surface area contributed by atoms with Crippen LogP contribution < -0.4 is 5.32 Å². The minimum Gasteiger partial charge on any atom is -0.308 e. The maximum Gasteiger partial charge on any atom is 0.0309 e. The molecule has 1 aromatic heterocycles. The quantitative estimate of drug-likeness (QED) is 0.896. The van der Waals surface area contributed by atoms with E-state index in [1.807, 2.05) is 11.3 Å². The molecule has 0 radical (unpaired) electrons. The summed E-state index contributed by atoms with van der Waals surface area (Å²) in [6.07, 6.45) is 7.04. The lowest BCUT2D eigenvalue weighted by atomic mass is 9.89. The third-order valence-electron chi connectivity index (χ3n) is 5.59. The van der Waals surface area contributed by atoms with Gasteiger partial charge in [-0.25, -0.2) is 0 Å². The zero-order chi connectivity index (χ0) is 13.6. The fourth-order valence-electron chi connectivity index (χ4n) is 3.96. The van der Waals surface area contributed by atoms with E-state index in [-0.39, 0.29) is 0 Å². The molecule has 2 unspecified atom stereocenters. The van der Waals surface area contributed by atoms with Crippen LogP contribution in [0, 0.1) is 11.8 Å². The molecule has 3 aliphatic rings. The molecule has 2 atom stereocenters. The van der Waals surface area contributed by atoms with Crippen molar-refractivity contribution in [2.75, 3.05) is 19.6 Å². The van der Waals surface area contributed by atoms with E-state index in [1.54, 1.807) is 4.88 Å². The van der Waals surface area contributed by atoms with Crippen LogP contribution in [0.5, 0.6) is 0 Å². The van der Waals surface area contributed by atoms with Crippen LogP contribution in [0.15, 0.2) is 17.5 Å². The summed E-state index contributed by atoms with van der Waals surface area (Å²) in [6, 6.07) is 5.28. The summed E-state index contributed by atoms with van der Waals surface area (Å²) >= 11 is 1.91. The molecule has 110 valence electrons. The van der Waals surface area contributed by atoms with Gasteiger partial charge in [-0.3, -0.25) is 4.90 Å². The van der Waals surface area contributed by atoms with Crippen LogP contribution in [0.4, 0.5) is 0 Å². The van der Waals surface area contributed by atoms with Gasteiger partial charge >= 0.3 is 0 Å². The summed E-state index contributed by atoms with van der Waals surface area (Å²) in [7, 11) is 0. The maximum atomic E-state index is 3.91. The Hall–Kier alpha value is -0.380. The van der Waals surface area contributed by atoms with E-state index in [0.29, 0.717) is 5.54 Å². The Morgan fingerprint density at radius 2 is 2.20 bits per heavy atom. The molecule has 2 heterocycles. The standard InChI is InChI=1S/C17H26N2S/c1-17(14-6-7-14)12-19(9-8-15-3-2-10-20-15)16(11-18-17)13-4-5-13/h2-3,10,13-14,16,18H,4-9,11-12H2,1H3. The van der Waals surface area contributed by atoms with Crippen LogP contribution in [0.3, 0.4) is 0 Å².